The summed E-state index contributed by atoms with van der Waals surface area (Å²) in [7, 11) is -3.66. The number of imidazole rings is 1. The van der Waals surface area contributed by atoms with Gasteiger partial charge in [0.15, 0.2) is 10.7 Å². The third kappa shape index (κ3) is 3.36. The number of anilines is 1. The molecule has 3 rings (SSSR count). The van der Waals surface area contributed by atoms with Crippen LogP contribution in [0.15, 0.2) is 47.6 Å². The molecule has 0 saturated heterocycles. The molecule has 0 atom stereocenters. The Labute approximate surface area is 138 Å². The number of sulfonamides is 1. The predicted octanol–water partition coefficient (Wildman–Crippen LogP) is 1.78. The fourth-order valence-electron chi connectivity index (χ4n) is 2.19. The first-order chi connectivity index (χ1) is 11.5. The van der Waals surface area contributed by atoms with Crippen LogP contribution >= 0.6 is 0 Å². The zero-order valence-corrected chi connectivity index (χ0v) is 13.7. The maximum atomic E-state index is 12.9. The zero-order chi connectivity index (χ0) is 17.2. The van der Waals surface area contributed by atoms with E-state index in [1.54, 1.807) is 31.2 Å². The first-order valence-corrected chi connectivity index (χ1v) is 8.80. The molecule has 0 radical (unpaired) electrons. The van der Waals surface area contributed by atoms with Crippen molar-refractivity contribution in [3.05, 3.63) is 54.0 Å². The molecule has 3 aromatic rings. The van der Waals surface area contributed by atoms with Crippen molar-refractivity contribution in [3.63, 3.8) is 0 Å². The summed E-state index contributed by atoms with van der Waals surface area (Å²) >= 11 is 0. The number of nitrogens with one attached hydrogen (secondary N) is 2. The quantitative estimate of drug-likeness (QED) is 0.708. The zero-order valence-electron chi connectivity index (χ0n) is 12.9. The van der Waals surface area contributed by atoms with Crippen molar-refractivity contribution in [1.29, 1.82) is 0 Å². The molecule has 0 saturated carbocycles. The second-order valence-corrected chi connectivity index (χ2v) is 6.78. The van der Waals surface area contributed by atoms with Gasteiger partial charge in [0.25, 0.3) is 10.0 Å². The van der Waals surface area contributed by atoms with E-state index >= 15 is 0 Å². The van der Waals surface area contributed by atoms with Gasteiger partial charge in [-0.15, -0.1) is 5.10 Å². The molecule has 2 heterocycles. The van der Waals surface area contributed by atoms with Crippen molar-refractivity contribution in [1.82, 2.24) is 19.3 Å². The molecule has 0 fully saturated rings. The minimum absolute atomic E-state index is 0.0233. The predicted molar refractivity (Wildman–Crippen MR) is 87.6 cm³/mol. The third-order valence-corrected chi connectivity index (χ3v) is 4.83. The average molecular weight is 349 g/mol. The fraction of sp³-hybridized carbons (Fsp3) is 0.200. The van der Waals surface area contributed by atoms with Gasteiger partial charge >= 0.3 is 0 Å². The highest BCUT2D eigenvalue weighted by atomic mass is 32.2. The Kier molecular flexibility index (Phi) is 4.45. The van der Waals surface area contributed by atoms with Crippen molar-refractivity contribution in [2.75, 3.05) is 11.9 Å². The smallest absolute Gasteiger partial charge is 0.259 e. The summed E-state index contributed by atoms with van der Waals surface area (Å²) in [5, 5.41) is 7.32. The van der Waals surface area contributed by atoms with E-state index in [-0.39, 0.29) is 17.4 Å². The number of halogens is 1. The van der Waals surface area contributed by atoms with Crippen molar-refractivity contribution >= 4 is 21.5 Å². The van der Waals surface area contributed by atoms with Crippen LogP contribution < -0.4 is 10.0 Å². The molecule has 9 heteroatoms. The highest BCUT2D eigenvalue weighted by molar-refractivity contribution is 7.89. The Morgan fingerprint density at radius 3 is 2.62 bits per heavy atom. The summed E-state index contributed by atoms with van der Waals surface area (Å²) in [6.07, 6.45) is 1.27. The lowest BCUT2D eigenvalue weighted by molar-refractivity contribution is 0.576. The van der Waals surface area contributed by atoms with E-state index < -0.39 is 10.0 Å². The van der Waals surface area contributed by atoms with Gasteiger partial charge in [0.05, 0.1) is 6.20 Å². The molecular weight excluding hydrogens is 333 g/mol. The standard InChI is InChI=1S/C15H16FN5O2S/c1-2-19-24(22,23)15-10-18-14-8-7-13(20-21(14)15)17-9-11-3-5-12(16)6-4-11/h3-8,10,19H,2,9H2,1H3,(H,17,20). The van der Waals surface area contributed by atoms with Crippen LogP contribution in [-0.2, 0) is 16.6 Å². The Morgan fingerprint density at radius 2 is 1.92 bits per heavy atom. The van der Waals surface area contributed by atoms with Crippen molar-refractivity contribution in [3.8, 4) is 0 Å². The van der Waals surface area contributed by atoms with Crippen LogP contribution in [-0.4, -0.2) is 29.6 Å². The summed E-state index contributed by atoms with van der Waals surface area (Å²) in [6.45, 7) is 2.41. The molecule has 7 nitrogen and oxygen atoms in total. The number of benzene rings is 1. The van der Waals surface area contributed by atoms with Crippen molar-refractivity contribution in [2.45, 2.75) is 18.5 Å². The largest absolute Gasteiger partial charge is 0.365 e. The Bertz CT molecular complexity index is 954. The summed E-state index contributed by atoms with van der Waals surface area (Å²) in [4.78, 5) is 4.05. The van der Waals surface area contributed by atoms with E-state index in [0.717, 1.165) is 5.56 Å². The molecule has 0 aliphatic heterocycles. The minimum atomic E-state index is -3.66. The summed E-state index contributed by atoms with van der Waals surface area (Å²) in [5.74, 6) is 0.188. The van der Waals surface area contributed by atoms with Gasteiger partial charge in [0, 0.05) is 13.1 Å². The number of fused-ring (bicyclic) bond motifs is 1. The van der Waals surface area contributed by atoms with Gasteiger partial charge in [-0.1, -0.05) is 19.1 Å². The van der Waals surface area contributed by atoms with Crippen LogP contribution in [0.2, 0.25) is 0 Å². The van der Waals surface area contributed by atoms with Gasteiger partial charge in [-0.3, -0.25) is 0 Å². The van der Waals surface area contributed by atoms with Crippen LogP contribution in [0.5, 0.6) is 0 Å². The van der Waals surface area contributed by atoms with E-state index in [1.807, 2.05) is 0 Å². The van der Waals surface area contributed by atoms with Gasteiger partial charge in [0.1, 0.15) is 11.6 Å². The summed E-state index contributed by atoms with van der Waals surface area (Å²) in [5.41, 5.74) is 1.31. The SMILES string of the molecule is CCNS(=O)(=O)c1cnc2ccc(NCc3ccc(F)cc3)nn12. The van der Waals surface area contributed by atoms with Crippen molar-refractivity contribution < 1.29 is 12.8 Å². The maximum Gasteiger partial charge on any atom is 0.259 e. The van der Waals surface area contributed by atoms with E-state index in [0.29, 0.717) is 18.0 Å². The lowest BCUT2D eigenvalue weighted by Crippen LogP contribution is -2.24. The first-order valence-electron chi connectivity index (χ1n) is 7.32. The minimum Gasteiger partial charge on any atom is -0.365 e. The average Bonchev–Trinajstić information content (AvgIpc) is 2.98. The molecule has 0 aliphatic rings. The highest BCUT2D eigenvalue weighted by Gasteiger charge is 2.19. The van der Waals surface area contributed by atoms with E-state index in [1.165, 1.54) is 22.8 Å². The van der Waals surface area contributed by atoms with E-state index in [9.17, 15) is 12.8 Å². The number of nitrogens with zero attached hydrogens (tertiary/aromatic N) is 3. The molecule has 0 unspecified atom stereocenters. The molecular formula is C15H16FN5O2S. The van der Waals surface area contributed by atoms with Crippen LogP contribution in [0.1, 0.15) is 12.5 Å². The molecule has 0 bridgehead atoms. The van der Waals surface area contributed by atoms with Gasteiger partial charge in [-0.05, 0) is 29.8 Å². The van der Waals surface area contributed by atoms with Crippen LogP contribution in [0.4, 0.5) is 10.2 Å². The van der Waals surface area contributed by atoms with Crippen LogP contribution in [0.3, 0.4) is 0 Å². The normalized spacial score (nSPS) is 11.8. The van der Waals surface area contributed by atoms with E-state index in [2.05, 4.69) is 20.1 Å². The molecule has 126 valence electrons. The summed E-state index contributed by atoms with van der Waals surface area (Å²) in [6, 6.07) is 9.47. The topological polar surface area (TPSA) is 88.4 Å². The molecule has 0 spiro atoms. The van der Waals surface area contributed by atoms with Crippen LogP contribution in [0.25, 0.3) is 5.65 Å². The second kappa shape index (κ2) is 6.54. The molecule has 0 aliphatic carbocycles. The maximum absolute atomic E-state index is 12.9. The molecule has 0 amide bonds. The Hall–Kier alpha value is -2.52. The molecule has 24 heavy (non-hydrogen) atoms. The third-order valence-electron chi connectivity index (χ3n) is 3.33. The number of aromatic nitrogens is 3. The lowest BCUT2D eigenvalue weighted by Gasteiger charge is -2.07. The van der Waals surface area contributed by atoms with Gasteiger partial charge < -0.3 is 5.32 Å². The Morgan fingerprint density at radius 1 is 1.17 bits per heavy atom. The number of rotatable bonds is 6. The van der Waals surface area contributed by atoms with Gasteiger partial charge in [0.2, 0.25) is 0 Å². The monoisotopic (exact) mass is 349 g/mol. The molecule has 2 aromatic heterocycles. The fourth-order valence-corrected chi connectivity index (χ4v) is 3.27. The lowest BCUT2D eigenvalue weighted by atomic mass is 10.2. The summed E-state index contributed by atoms with van der Waals surface area (Å²) < 4.78 is 40.9. The number of hydrogen-bond acceptors (Lipinski definition) is 5. The van der Waals surface area contributed by atoms with Gasteiger partial charge in [-0.2, -0.15) is 4.52 Å². The van der Waals surface area contributed by atoms with Gasteiger partial charge in [-0.25, -0.2) is 22.5 Å². The number of hydrogen-bond donors (Lipinski definition) is 2. The van der Waals surface area contributed by atoms with E-state index in [4.69, 9.17) is 0 Å². The second-order valence-electron chi connectivity index (χ2n) is 5.07. The highest BCUT2D eigenvalue weighted by Crippen LogP contribution is 2.14. The van der Waals surface area contributed by atoms with Crippen LogP contribution in [0, 0.1) is 5.82 Å². The first kappa shape index (κ1) is 16.3. The Balaban J connectivity index is 1.86. The molecule has 2 N–H and O–H groups in total. The molecule has 1 aromatic carbocycles. The van der Waals surface area contributed by atoms with Crippen molar-refractivity contribution in [2.24, 2.45) is 0 Å².